The van der Waals surface area contributed by atoms with Gasteiger partial charge < -0.3 is 14.2 Å². The Kier molecular flexibility index (Phi) is 6.78. The minimum atomic E-state index is 0.655. The van der Waals surface area contributed by atoms with E-state index in [0.717, 1.165) is 40.1 Å². The zero-order valence-electron chi connectivity index (χ0n) is 13.9. The molecule has 0 aliphatic heterocycles. The van der Waals surface area contributed by atoms with Crippen molar-refractivity contribution < 1.29 is 14.2 Å². The van der Waals surface area contributed by atoms with E-state index < -0.39 is 0 Å². The van der Waals surface area contributed by atoms with Crippen LogP contribution in [0.5, 0.6) is 17.2 Å². The van der Waals surface area contributed by atoms with Gasteiger partial charge in [0.1, 0.15) is 5.75 Å². The van der Waals surface area contributed by atoms with Crippen molar-refractivity contribution >= 4 is 15.9 Å². The Morgan fingerprint density at radius 3 is 2.09 bits per heavy atom. The van der Waals surface area contributed by atoms with Gasteiger partial charge in [0.2, 0.25) is 0 Å². The Morgan fingerprint density at radius 2 is 1.43 bits per heavy atom. The molecule has 0 amide bonds. The molecule has 0 aliphatic rings. The molecule has 0 saturated heterocycles. The van der Waals surface area contributed by atoms with Crippen LogP contribution < -0.4 is 14.2 Å². The Hall–Kier alpha value is -1.68. The zero-order valence-corrected chi connectivity index (χ0v) is 15.5. The van der Waals surface area contributed by atoms with Gasteiger partial charge in [0, 0.05) is 4.47 Å². The van der Waals surface area contributed by atoms with E-state index >= 15 is 0 Å². The molecule has 0 aromatic heterocycles. The van der Waals surface area contributed by atoms with Crippen LogP contribution in [-0.2, 0) is 0 Å². The van der Waals surface area contributed by atoms with Crippen LogP contribution in [0.4, 0.5) is 0 Å². The highest BCUT2D eigenvalue weighted by molar-refractivity contribution is 9.10. The van der Waals surface area contributed by atoms with Crippen LogP contribution in [0.25, 0.3) is 0 Å². The van der Waals surface area contributed by atoms with Gasteiger partial charge in [-0.3, -0.25) is 0 Å². The molecule has 4 heteroatoms. The molecule has 124 valence electrons. The van der Waals surface area contributed by atoms with Gasteiger partial charge in [-0.25, -0.2) is 0 Å². The maximum atomic E-state index is 5.87. The number of unbranched alkanes of at least 4 members (excludes halogenated alkanes) is 1. The highest BCUT2D eigenvalue weighted by Gasteiger charge is 2.04. The summed E-state index contributed by atoms with van der Waals surface area (Å²) in [7, 11) is 1.65. The number of ether oxygens (including phenoxy) is 3. The number of para-hydroxylation sites is 2. The smallest absolute Gasteiger partial charge is 0.161 e. The van der Waals surface area contributed by atoms with Crippen LogP contribution >= 0.6 is 15.9 Å². The molecule has 0 bridgehead atoms. The summed E-state index contributed by atoms with van der Waals surface area (Å²) in [6.07, 6.45) is 1.89. The van der Waals surface area contributed by atoms with E-state index in [2.05, 4.69) is 41.9 Å². The van der Waals surface area contributed by atoms with E-state index in [0.29, 0.717) is 13.2 Å². The first kappa shape index (κ1) is 17.7. The van der Waals surface area contributed by atoms with Gasteiger partial charge in [-0.2, -0.15) is 0 Å². The van der Waals surface area contributed by atoms with Crippen molar-refractivity contribution in [3.63, 3.8) is 0 Å². The standard InChI is InChI=1S/C19H23BrO3/c1-14-13-19(15(2)12-16(14)20)23-11-7-6-10-22-18-9-5-4-8-17(18)21-3/h4-5,8-9,12-13H,6-7,10-11H2,1-3H3. The molecule has 0 saturated carbocycles. The predicted octanol–water partition coefficient (Wildman–Crippen LogP) is 5.31. The molecule has 0 aliphatic carbocycles. The van der Waals surface area contributed by atoms with E-state index in [9.17, 15) is 0 Å². The second-order valence-corrected chi connectivity index (χ2v) is 6.28. The zero-order chi connectivity index (χ0) is 16.7. The largest absolute Gasteiger partial charge is 0.493 e. The lowest BCUT2D eigenvalue weighted by atomic mass is 10.1. The number of rotatable bonds is 8. The van der Waals surface area contributed by atoms with Crippen molar-refractivity contribution in [3.05, 3.63) is 52.0 Å². The molecule has 2 aromatic carbocycles. The molecule has 0 heterocycles. The van der Waals surface area contributed by atoms with Crippen LogP contribution in [0, 0.1) is 13.8 Å². The summed E-state index contributed by atoms with van der Waals surface area (Å²) < 4.78 is 18.0. The second-order valence-electron chi connectivity index (χ2n) is 5.42. The molecule has 0 N–H and O–H groups in total. The van der Waals surface area contributed by atoms with Crippen LogP contribution in [0.2, 0.25) is 0 Å². The number of aryl methyl sites for hydroxylation is 2. The average molecular weight is 379 g/mol. The van der Waals surface area contributed by atoms with Crippen molar-refractivity contribution in [3.8, 4) is 17.2 Å². The van der Waals surface area contributed by atoms with E-state index in [1.165, 1.54) is 5.56 Å². The third kappa shape index (κ3) is 5.17. The predicted molar refractivity (Wildman–Crippen MR) is 96.8 cm³/mol. The fraction of sp³-hybridized carbons (Fsp3) is 0.368. The minimum absolute atomic E-state index is 0.655. The third-order valence-corrected chi connectivity index (χ3v) is 4.43. The van der Waals surface area contributed by atoms with Crippen molar-refractivity contribution in [1.29, 1.82) is 0 Å². The lowest BCUT2D eigenvalue weighted by Gasteiger charge is -2.12. The summed E-state index contributed by atoms with van der Waals surface area (Å²) in [5.41, 5.74) is 2.33. The Bertz CT molecular complexity index is 641. The summed E-state index contributed by atoms with van der Waals surface area (Å²) >= 11 is 3.53. The first-order chi connectivity index (χ1) is 11.1. The molecular formula is C19H23BrO3. The Labute approximate surface area is 146 Å². The van der Waals surface area contributed by atoms with Crippen LogP contribution in [-0.4, -0.2) is 20.3 Å². The number of hydrogen-bond donors (Lipinski definition) is 0. The summed E-state index contributed by atoms with van der Waals surface area (Å²) in [6.45, 7) is 5.47. The molecule has 2 aromatic rings. The van der Waals surface area contributed by atoms with Gasteiger partial charge in [0.05, 0.1) is 20.3 Å². The summed E-state index contributed by atoms with van der Waals surface area (Å²) in [5.74, 6) is 2.51. The summed E-state index contributed by atoms with van der Waals surface area (Å²) in [4.78, 5) is 0. The first-order valence-corrected chi connectivity index (χ1v) is 8.56. The minimum Gasteiger partial charge on any atom is -0.493 e. The molecule has 2 rings (SSSR count). The summed E-state index contributed by atoms with van der Waals surface area (Å²) in [6, 6.07) is 11.9. The average Bonchev–Trinajstić information content (AvgIpc) is 2.55. The van der Waals surface area contributed by atoms with Crippen LogP contribution in [0.3, 0.4) is 0 Å². The lowest BCUT2D eigenvalue weighted by Crippen LogP contribution is -2.04. The van der Waals surface area contributed by atoms with E-state index in [-0.39, 0.29) is 0 Å². The Balaban J connectivity index is 1.71. The van der Waals surface area contributed by atoms with Gasteiger partial charge in [0.25, 0.3) is 0 Å². The molecular weight excluding hydrogens is 356 g/mol. The monoisotopic (exact) mass is 378 g/mol. The molecule has 0 fully saturated rings. The van der Waals surface area contributed by atoms with Crippen molar-refractivity contribution in [2.24, 2.45) is 0 Å². The van der Waals surface area contributed by atoms with Crippen molar-refractivity contribution in [1.82, 2.24) is 0 Å². The molecule has 0 atom stereocenters. The van der Waals surface area contributed by atoms with Crippen molar-refractivity contribution in [2.75, 3.05) is 20.3 Å². The quantitative estimate of drug-likeness (QED) is 0.582. The highest BCUT2D eigenvalue weighted by Crippen LogP contribution is 2.27. The number of benzene rings is 2. The van der Waals surface area contributed by atoms with Crippen LogP contribution in [0.15, 0.2) is 40.9 Å². The van der Waals surface area contributed by atoms with Gasteiger partial charge in [-0.1, -0.05) is 28.1 Å². The van der Waals surface area contributed by atoms with E-state index in [4.69, 9.17) is 14.2 Å². The molecule has 23 heavy (non-hydrogen) atoms. The molecule has 0 unspecified atom stereocenters. The van der Waals surface area contributed by atoms with Gasteiger partial charge >= 0.3 is 0 Å². The maximum Gasteiger partial charge on any atom is 0.161 e. The fourth-order valence-electron chi connectivity index (χ4n) is 2.22. The Morgan fingerprint density at radius 1 is 0.826 bits per heavy atom. The van der Waals surface area contributed by atoms with Gasteiger partial charge in [0.15, 0.2) is 11.5 Å². The molecule has 3 nitrogen and oxygen atoms in total. The summed E-state index contributed by atoms with van der Waals surface area (Å²) in [5, 5.41) is 0. The van der Waals surface area contributed by atoms with E-state index in [1.54, 1.807) is 7.11 Å². The van der Waals surface area contributed by atoms with Crippen LogP contribution in [0.1, 0.15) is 24.0 Å². The first-order valence-electron chi connectivity index (χ1n) is 7.77. The van der Waals surface area contributed by atoms with E-state index in [1.807, 2.05) is 24.3 Å². The normalized spacial score (nSPS) is 10.4. The second kappa shape index (κ2) is 8.82. The molecule has 0 radical (unpaired) electrons. The highest BCUT2D eigenvalue weighted by atomic mass is 79.9. The SMILES string of the molecule is COc1ccccc1OCCCCOc1cc(C)c(Br)cc1C. The number of methoxy groups -OCH3 is 1. The maximum absolute atomic E-state index is 5.87. The lowest BCUT2D eigenvalue weighted by molar-refractivity contribution is 0.257. The topological polar surface area (TPSA) is 27.7 Å². The third-order valence-electron chi connectivity index (χ3n) is 3.58. The number of halogens is 1. The number of hydrogen-bond acceptors (Lipinski definition) is 3. The van der Waals surface area contributed by atoms with Gasteiger partial charge in [-0.05, 0) is 62.1 Å². The molecule has 0 spiro atoms. The van der Waals surface area contributed by atoms with Crippen molar-refractivity contribution in [2.45, 2.75) is 26.7 Å². The fourth-order valence-corrected chi connectivity index (χ4v) is 2.67. The van der Waals surface area contributed by atoms with Gasteiger partial charge in [-0.15, -0.1) is 0 Å².